The topological polar surface area (TPSA) is 316 Å². The Morgan fingerprint density at radius 1 is 0.464 bits per heavy atom. The molecule has 13 atom stereocenters. The van der Waals surface area contributed by atoms with Crippen LogP contribution in [0.15, 0.2) is 12.2 Å². The molecule has 1 fully saturated rings. The fraction of sp³-hybridized carbons (Fsp3) is 0.814. The Hall–Kier alpha value is -6.22. The lowest BCUT2D eigenvalue weighted by Gasteiger charge is -2.41. The van der Waals surface area contributed by atoms with Gasteiger partial charge in [-0.2, -0.15) is 0 Å². The van der Waals surface area contributed by atoms with Gasteiger partial charge in [-0.1, -0.05) is 123 Å². The van der Waals surface area contributed by atoms with E-state index in [2.05, 4.69) is 21.3 Å². The van der Waals surface area contributed by atoms with Gasteiger partial charge in [0.2, 0.25) is 65.0 Å². The van der Waals surface area contributed by atoms with Crippen molar-refractivity contribution in [2.75, 3.05) is 80.5 Å². The Balaban J connectivity index is 4.64. The Labute approximate surface area is 582 Å². The van der Waals surface area contributed by atoms with Crippen molar-refractivity contribution in [1.29, 1.82) is 0 Å². The van der Waals surface area contributed by atoms with Crippen LogP contribution in [0.1, 0.15) is 176 Å². The molecule has 0 aromatic rings. The van der Waals surface area contributed by atoms with Crippen LogP contribution < -0.4 is 21.3 Å². The summed E-state index contributed by atoms with van der Waals surface area (Å²) in [4.78, 5) is 174. The van der Waals surface area contributed by atoms with E-state index in [1.54, 1.807) is 74.5 Å². The van der Waals surface area contributed by atoms with Crippen LogP contribution >= 0.6 is 0 Å². The molecular weight excluding hydrogens is 1260 g/mol. The Morgan fingerprint density at radius 3 is 1.31 bits per heavy atom. The van der Waals surface area contributed by atoms with E-state index in [9.17, 15) is 37.5 Å². The predicted molar refractivity (Wildman–Crippen MR) is 378 cm³/mol. The minimum atomic E-state index is -4.20. The molecule has 2 unspecified atom stereocenters. The number of amides is 11. The van der Waals surface area contributed by atoms with Gasteiger partial charge < -0.3 is 65.6 Å². The van der Waals surface area contributed by atoms with Gasteiger partial charge in [-0.25, -0.2) is 8.42 Å². The molecule has 0 aromatic carbocycles. The van der Waals surface area contributed by atoms with Gasteiger partial charge in [-0.05, 0) is 127 Å². The fourth-order valence-electron chi connectivity index (χ4n) is 12.4. The molecule has 11 amide bonds. The summed E-state index contributed by atoms with van der Waals surface area (Å²) < 4.78 is 28.8. The summed E-state index contributed by atoms with van der Waals surface area (Å²) in [7, 11) is 5.33. The highest BCUT2D eigenvalue weighted by atomic mass is 32.2. The molecule has 27 heteroatoms. The van der Waals surface area contributed by atoms with Crippen LogP contribution in [0.4, 0.5) is 0 Å². The maximum absolute atomic E-state index is 15.4. The van der Waals surface area contributed by atoms with E-state index in [0.717, 1.165) is 14.7 Å². The highest BCUT2D eigenvalue weighted by Crippen LogP contribution is 2.26. The minimum absolute atomic E-state index is 0.00728. The van der Waals surface area contributed by atoms with Gasteiger partial charge in [-0.15, -0.1) is 0 Å². The number of allylic oxidation sites excluding steroid dienone is 2. The fourth-order valence-corrected chi connectivity index (χ4v) is 13.9. The van der Waals surface area contributed by atoms with Crippen LogP contribution in [0.2, 0.25) is 0 Å². The van der Waals surface area contributed by atoms with Crippen LogP contribution in [0.3, 0.4) is 0 Å². The summed E-state index contributed by atoms with van der Waals surface area (Å²) in [6.07, 6.45) is 2.56. The number of rotatable bonds is 23. The third-order valence-corrected chi connectivity index (χ3v) is 20.4. The number of likely N-dealkylation sites (N-methyl/N-ethyl adjacent to an activating group) is 7. The molecule has 0 spiro atoms. The highest BCUT2D eigenvalue weighted by molar-refractivity contribution is 7.91. The van der Waals surface area contributed by atoms with Crippen LogP contribution in [0.25, 0.3) is 0 Å². The first-order valence-corrected chi connectivity index (χ1v) is 36.9. The monoisotopic (exact) mass is 1390 g/mol. The van der Waals surface area contributed by atoms with E-state index in [-0.39, 0.29) is 74.4 Å². The molecule has 97 heavy (non-hydrogen) atoms. The number of sulfone groups is 1. The van der Waals surface area contributed by atoms with Crippen molar-refractivity contribution in [3.05, 3.63) is 12.2 Å². The molecule has 0 radical (unpaired) electrons. The molecule has 558 valence electrons. The van der Waals surface area contributed by atoms with E-state index >= 15 is 28.8 Å². The standard InChI is InChI=1S/C70H128N12O14S/c1-27-31-33-47(17)59(83)58-63(87)73-50(28-2)65(89)79(24)55(40-97(95,96)35-32-34-82(29-3)30-4)68(92)75(20)52(37-42(7)8)62(86)74-56(45(13)14)69(93)76(21)51(36-41(5)6)61(85)71-48(18)60(84)72-49(19)64(88)77(22)53(38-43(9)10)66(90)78(23)54(39-44(11)12)67(91)80(25)57(46(15)16)70(94)81(58)26/h27,31,41-59,83H,28-30,32-40H2,1-26H3,(H,71,85)(H,72,84)(H,73,87)(H,74,86)/b31-27+/t47-,48+,49-,50+,51+,52+,53+,54+,55?,56+,57+,58?,59-/m1/s1. The average Bonchev–Trinajstić information content (AvgIpc) is 0.813. The zero-order valence-electron chi connectivity index (χ0n) is 63.9. The Kier molecular flexibility index (Phi) is 37.3. The first kappa shape index (κ1) is 88.8. The first-order valence-electron chi connectivity index (χ1n) is 35.1. The molecule has 1 aliphatic rings. The molecule has 5 N–H and O–H groups in total. The third kappa shape index (κ3) is 25.8. The summed E-state index contributed by atoms with van der Waals surface area (Å²) in [6.45, 7) is 35.0. The van der Waals surface area contributed by atoms with E-state index in [0.29, 0.717) is 19.6 Å². The molecule has 0 bridgehead atoms. The zero-order valence-corrected chi connectivity index (χ0v) is 64.7. The first-order chi connectivity index (χ1) is 44.8. The maximum atomic E-state index is 15.4. The van der Waals surface area contributed by atoms with Crippen molar-refractivity contribution in [3.8, 4) is 0 Å². The van der Waals surface area contributed by atoms with Gasteiger partial charge in [-0.3, -0.25) is 52.7 Å². The normalized spacial score (nSPS) is 26.1. The number of carbonyl (C=O) groups excluding carboxylic acids is 11. The second-order valence-electron chi connectivity index (χ2n) is 29.3. The van der Waals surface area contributed by atoms with Crippen molar-refractivity contribution in [2.45, 2.75) is 249 Å². The third-order valence-electron chi connectivity index (χ3n) is 18.6. The number of nitrogens with one attached hydrogen (secondary N) is 4. The van der Waals surface area contributed by atoms with Crippen molar-refractivity contribution in [1.82, 2.24) is 60.5 Å². The molecule has 0 saturated carbocycles. The maximum Gasteiger partial charge on any atom is 0.246 e. The van der Waals surface area contributed by atoms with Gasteiger partial charge in [0.1, 0.15) is 66.5 Å². The average molecular weight is 1390 g/mol. The number of carbonyl (C=O) groups is 11. The summed E-state index contributed by atoms with van der Waals surface area (Å²) in [5.74, 6) is -12.6. The van der Waals surface area contributed by atoms with Crippen LogP contribution in [-0.2, 0) is 62.6 Å². The number of hydrogen-bond acceptors (Lipinski definition) is 15. The van der Waals surface area contributed by atoms with Gasteiger partial charge in [0.05, 0.1) is 17.6 Å². The molecule has 26 nitrogen and oxygen atoms in total. The molecule has 1 rings (SSSR count). The largest absolute Gasteiger partial charge is 0.390 e. The lowest BCUT2D eigenvalue weighted by atomic mass is 9.91. The van der Waals surface area contributed by atoms with Crippen molar-refractivity contribution in [3.63, 3.8) is 0 Å². The lowest BCUT2D eigenvalue weighted by Crippen LogP contribution is -2.64. The predicted octanol–water partition coefficient (Wildman–Crippen LogP) is 3.78. The van der Waals surface area contributed by atoms with E-state index in [1.807, 2.05) is 60.3 Å². The van der Waals surface area contributed by atoms with Crippen molar-refractivity contribution in [2.24, 2.45) is 41.4 Å². The van der Waals surface area contributed by atoms with Crippen LogP contribution in [0.5, 0.6) is 0 Å². The number of aliphatic hydroxyl groups is 1. The molecular formula is C70H128N12O14S. The summed E-state index contributed by atoms with van der Waals surface area (Å²) in [5.41, 5.74) is 0. The number of aliphatic hydroxyl groups excluding tert-OH is 1. The Morgan fingerprint density at radius 2 is 0.866 bits per heavy atom. The van der Waals surface area contributed by atoms with E-state index in [1.165, 1.54) is 82.8 Å². The van der Waals surface area contributed by atoms with Crippen LogP contribution in [0, 0.1) is 41.4 Å². The Bertz CT molecular complexity index is 2780. The van der Waals surface area contributed by atoms with E-state index < -0.39 is 171 Å². The number of hydrogen-bond donors (Lipinski definition) is 5. The summed E-state index contributed by atoms with van der Waals surface area (Å²) in [5, 5.41) is 23.3. The van der Waals surface area contributed by atoms with Gasteiger partial charge in [0, 0.05) is 49.3 Å². The summed E-state index contributed by atoms with van der Waals surface area (Å²) in [6, 6.07) is -15.2. The SMILES string of the molecule is C/C=C/C[C@@H](C)[C@@H](O)C1C(=O)N[C@@H](CC)C(=O)N(C)C(CS(=O)(=O)CCCN(CC)CC)C(=O)N(C)[C@@H](CC(C)C)C(=O)N[C@@H](C(C)C)C(=O)N(C)[C@@H](CC(C)C)C(=O)N[C@@H](C)C(=O)N[C@H](C)C(=O)N(C)[C@@H](CC(C)C)C(=O)N(C)[C@@H](CC(C)C)C(=O)N(C)[C@@H](C(C)C)C(=O)N1C. The van der Waals surface area contributed by atoms with Gasteiger partial charge in [0.25, 0.3) is 0 Å². The zero-order chi connectivity index (χ0) is 75.2. The lowest BCUT2D eigenvalue weighted by molar-refractivity contribution is -0.157. The second kappa shape index (κ2) is 40.7. The molecule has 0 aliphatic carbocycles. The van der Waals surface area contributed by atoms with Gasteiger partial charge >= 0.3 is 0 Å². The minimum Gasteiger partial charge on any atom is -0.390 e. The smallest absolute Gasteiger partial charge is 0.246 e. The number of nitrogens with zero attached hydrogens (tertiary/aromatic N) is 8. The quantitative estimate of drug-likeness (QED) is 0.0910. The molecule has 1 aliphatic heterocycles. The molecule has 0 aromatic heterocycles. The van der Waals surface area contributed by atoms with Crippen LogP contribution in [-0.4, -0.2) is 271 Å². The van der Waals surface area contributed by atoms with E-state index in [4.69, 9.17) is 0 Å². The highest BCUT2D eigenvalue weighted by Gasteiger charge is 2.47. The van der Waals surface area contributed by atoms with Crippen molar-refractivity contribution >= 4 is 74.8 Å². The van der Waals surface area contributed by atoms with Crippen molar-refractivity contribution < 1.29 is 66.3 Å². The molecule has 1 heterocycles. The molecule has 1 saturated heterocycles. The summed E-state index contributed by atoms with van der Waals surface area (Å²) >= 11 is 0. The van der Waals surface area contributed by atoms with Gasteiger partial charge in [0.15, 0.2) is 9.84 Å². The second-order valence-corrected chi connectivity index (χ2v) is 31.5.